The normalized spacial score (nSPS) is 12.9. The Morgan fingerprint density at radius 3 is 2.26 bits per heavy atom. The fourth-order valence-electron chi connectivity index (χ4n) is 2.35. The summed E-state index contributed by atoms with van der Waals surface area (Å²) in [7, 11) is 0. The molecule has 0 aliphatic heterocycles. The Morgan fingerprint density at radius 1 is 1.11 bits per heavy atom. The molecule has 0 aromatic heterocycles. The number of benzene rings is 1. The molecule has 1 rings (SSSR count). The number of nitrogens with zero attached hydrogens (tertiary/aromatic N) is 1. The molecule has 0 bridgehead atoms. The molecular weight excluding hydrogens is 300 g/mol. The van der Waals surface area contributed by atoms with Gasteiger partial charge < -0.3 is 10.2 Å². The van der Waals surface area contributed by atoms with E-state index in [2.05, 4.69) is 71.2 Å². The highest BCUT2D eigenvalue weighted by Gasteiger charge is 2.10. The van der Waals surface area contributed by atoms with Crippen molar-refractivity contribution in [3.63, 3.8) is 0 Å². The van der Waals surface area contributed by atoms with E-state index in [1.165, 1.54) is 18.5 Å². The van der Waals surface area contributed by atoms with Gasteiger partial charge in [-0.2, -0.15) is 0 Å². The standard InChI is InChI=1S/C16H27BrN2/c1-4-18-16(11-12-19(5-2)6-3)13-14-7-9-15(17)10-8-14/h7-10,16,18H,4-6,11-13H2,1-3H3. The molecule has 0 aliphatic carbocycles. The average Bonchev–Trinajstić information content (AvgIpc) is 2.42. The first-order valence-corrected chi connectivity index (χ1v) is 8.19. The molecule has 0 heterocycles. The van der Waals surface area contributed by atoms with Gasteiger partial charge in [-0.3, -0.25) is 0 Å². The van der Waals surface area contributed by atoms with E-state index in [1.54, 1.807) is 0 Å². The monoisotopic (exact) mass is 326 g/mol. The second-order valence-corrected chi connectivity index (χ2v) is 5.82. The number of rotatable bonds is 9. The lowest BCUT2D eigenvalue weighted by Gasteiger charge is -2.23. The van der Waals surface area contributed by atoms with Gasteiger partial charge in [0.15, 0.2) is 0 Å². The largest absolute Gasteiger partial charge is 0.314 e. The number of likely N-dealkylation sites (N-methyl/N-ethyl adjacent to an activating group) is 1. The highest BCUT2D eigenvalue weighted by atomic mass is 79.9. The maximum absolute atomic E-state index is 3.61. The number of hydrogen-bond acceptors (Lipinski definition) is 2. The fraction of sp³-hybridized carbons (Fsp3) is 0.625. The van der Waals surface area contributed by atoms with Crippen molar-refractivity contribution in [1.82, 2.24) is 10.2 Å². The van der Waals surface area contributed by atoms with E-state index in [0.29, 0.717) is 6.04 Å². The minimum absolute atomic E-state index is 0.576. The highest BCUT2D eigenvalue weighted by molar-refractivity contribution is 9.10. The molecule has 0 fully saturated rings. The predicted molar refractivity (Wildman–Crippen MR) is 87.7 cm³/mol. The van der Waals surface area contributed by atoms with Gasteiger partial charge in [0.05, 0.1) is 0 Å². The van der Waals surface area contributed by atoms with Crippen LogP contribution in [0.1, 0.15) is 32.8 Å². The molecule has 1 unspecified atom stereocenters. The number of halogens is 1. The van der Waals surface area contributed by atoms with Gasteiger partial charge in [-0.1, -0.05) is 48.8 Å². The van der Waals surface area contributed by atoms with Crippen LogP contribution in [0.2, 0.25) is 0 Å². The van der Waals surface area contributed by atoms with Crippen LogP contribution in [0, 0.1) is 0 Å². The van der Waals surface area contributed by atoms with Crippen LogP contribution in [0.15, 0.2) is 28.7 Å². The smallest absolute Gasteiger partial charge is 0.0175 e. The van der Waals surface area contributed by atoms with Crippen LogP contribution in [0.5, 0.6) is 0 Å². The van der Waals surface area contributed by atoms with E-state index >= 15 is 0 Å². The molecule has 0 spiro atoms. The van der Waals surface area contributed by atoms with Gasteiger partial charge in [0, 0.05) is 10.5 Å². The van der Waals surface area contributed by atoms with E-state index in [-0.39, 0.29) is 0 Å². The van der Waals surface area contributed by atoms with E-state index in [9.17, 15) is 0 Å². The molecule has 1 aromatic carbocycles. The zero-order chi connectivity index (χ0) is 14.1. The maximum atomic E-state index is 3.61. The van der Waals surface area contributed by atoms with Crippen molar-refractivity contribution in [2.45, 2.75) is 39.7 Å². The summed E-state index contributed by atoms with van der Waals surface area (Å²) in [4.78, 5) is 2.49. The Labute approximate surface area is 126 Å². The van der Waals surface area contributed by atoms with E-state index < -0.39 is 0 Å². The summed E-state index contributed by atoms with van der Waals surface area (Å²) in [6.45, 7) is 11.2. The molecule has 0 amide bonds. The Kier molecular flexibility index (Phi) is 8.35. The Morgan fingerprint density at radius 2 is 1.74 bits per heavy atom. The molecule has 0 saturated heterocycles. The molecule has 19 heavy (non-hydrogen) atoms. The molecular formula is C16H27BrN2. The van der Waals surface area contributed by atoms with Gasteiger partial charge in [-0.15, -0.1) is 0 Å². The number of nitrogens with one attached hydrogen (secondary N) is 1. The van der Waals surface area contributed by atoms with Crippen molar-refractivity contribution in [2.75, 3.05) is 26.2 Å². The van der Waals surface area contributed by atoms with Crippen molar-refractivity contribution in [1.29, 1.82) is 0 Å². The molecule has 1 aromatic rings. The van der Waals surface area contributed by atoms with Crippen LogP contribution >= 0.6 is 15.9 Å². The van der Waals surface area contributed by atoms with E-state index in [4.69, 9.17) is 0 Å². The third-order valence-corrected chi connectivity index (χ3v) is 4.11. The third-order valence-electron chi connectivity index (χ3n) is 3.58. The molecule has 108 valence electrons. The van der Waals surface area contributed by atoms with Crippen molar-refractivity contribution in [3.8, 4) is 0 Å². The minimum Gasteiger partial charge on any atom is -0.314 e. The molecule has 2 nitrogen and oxygen atoms in total. The summed E-state index contributed by atoms with van der Waals surface area (Å²) >= 11 is 3.49. The van der Waals surface area contributed by atoms with Gasteiger partial charge >= 0.3 is 0 Å². The molecule has 1 atom stereocenters. The lowest BCUT2D eigenvalue weighted by atomic mass is 10.0. The summed E-state index contributed by atoms with van der Waals surface area (Å²) in [5, 5.41) is 3.61. The van der Waals surface area contributed by atoms with Crippen LogP contribution in [0.4, 0.5) is 0 Å². The van der Waals surface area contributed by atoms with Gasteiger partial charge in [-0.05, 0) is 56.7 Å². The van der Waals surface area contributed by atoms with Crippen molar-refractivity contribution in [3.05, 3.63) is 34.3 Å². The first-order valence-electron chi connectivity index (χ1n) is 7.39. The van der Waals surface area contributed by atoms with Crippen LogP contribution in [-0.2, 0) is 6.42 Å². The summed E-state index contributed by atoms with van der Waals surface area (Å²) in [6, 6.07) is 9.26. The summed E-state index contributed by atoms with van der Waals surface area (Å²) < 4.78 is 1.15. The van der Waals surface area contributed by atoms with E-state index in [1.807, 2.05) is 0 Å². The van der Waals surface area contributed by atoms with Crippen molar-refractivity contribution < 1.29 is 0 Å². The van der Waals surface area contributed by atoms with Crippen LogP contribution in [0.25, 0.3) is 0 Å². The van der Waals surface area contributed by atoms with E-state index in [0.717, 1.165) is 30.5 Å². The minimum atomic E-state index is 0.576. The van der Waals surface area contributed by atoms with Gasteiger partial charge in [-0.25, -0.2) is 0 Å². The van der Waals surface area contributed by atoms with Crippen LogP contribution in [-0.4, -0.2) is 37.1 Å². The SMILES string of the molecule is CCNC(CCN(CC)CC)Cc1ccc(Br)cc1. The predicted octanol–water partition coefficient (Wildman–Crippen LogP) is 3.70. The highest BCUT2D eigenvalue weighted by Crippen LogP contribution is 2.13. The van der Waals surface area contributed by atoms with Crippen LogP contribution in [0.3, 0.4) is 0 Å². The summed E-state index contributed by atoms with van der Waals surface area (Å²) in [6.07, 6.45) is 2.33. The molecule has 0 aliphatic rings. The number of hydrogen-bond donors (Lipinski definition) is 1. The zero-order valence-electron chi connectivity index (χ0n) is 12.5. The lowest BCUT2D eigenvalue weighted by molar-refractivity contribution is 0.281. The second kappa shape index (κ2) is 9.51. The van der Waals surface area contributed by atoms with Gasteiger partial charge in [0.1, 0.15) is 0 Å². The molecule has 1 N–H and O–H groups in total. The van der Waals surface area contributed by atoms with Crippen molar-refractivity contribution in [2.24, 2.45) is 0 Å². The Balaban J connectivity index is 2.49. The molecule has 0 radical (unpaired) electrons. The zero-order valence-corrected chi connectivity index (χ0v) is 14.0. The summed E-state index contributed by atoms with van der Waals surface area (Å²) in [5.74, 6) is 0. The Bertz CT molecular complexity index is 333. The lowest BCUT2D eigenvalue weighted by Crippen LogP contribution is -2.35. The fourth-order valence-corrected chi connectivity index (χ4v) is 2.61. The average molecular weight is 327 g/mol. The third kappa shape index (κ3) is 6.55. The molecule has 0 saturated carbocycles. The molecule has 3 heteroatoms. The maximum Gasteiger partial charge on any atom is 0.0175 e. The first-order chi connectivity index (χ1) is 9.19. The van der Waals surface area contributed by atoms with Gasteiger partial charge in [0.2, 0.25) is 0 Å². The quantitative estimate of drug-likeness (QED) is 0.744. The first kappa shape index (κ1) is 16.7. The van der Waals surface area contributed by atoms with Crippen molar-refractivity contribution >= 4 is 15.9 Å². The summed E-state index contributed by atoms with van der Waals surface area (Å²) in [5.41, 5.74) is 1.41. The Hall–Kier alpha value is -0.380. The topological polar surface area (TPSA) is 15.3 Å². The second-order valence-electron chi connectivity index (χ2n) is 4.90. The van der Waals surface area contributed by atoms with Gasteiger partial charge in [0.25, 0.3) is 0 Å². The van der Waals surface area contributed by atoms with Crippen LogP contribution < -0.4 is 5.32 Å².